The number of hydrogen-bond donors (Lipinski definition) is 3. The largest absolute Gasteiger partial charge is 0.357 e. The lowest BCUT2D eigenvalue weighted by molar-refractivity contribution is -0.127. The monoisotopic (exact) mass is 362 g/mol. The molecule has 2 rings (SSSR count). The van der Waals surface area contributed by atoms with E-state index in [-0.39, 0.29) is 23.7 Å². The summed E-state index contributed by atoms with van der Waals surface area (Å²) >= 11 is 0. The molecule has 1 aromatic rings. The molecular weight excluding hydrogens is 331 g/mol. The molecule has 1 saturated carbocycles. The lowest BCUT2D eigenvalue weighted by atomic mass is 9.85. The van der Waals surface area contributed by atoms with Gasteiger partial charge in [0, 0.05) is 25.6 Å². The zero-order valence-corrected chi connectivity index (χ0v) is 16.1. The summed E-state index contributed by atoms with van der Waals surface area (Å²) in [5.41, 5.74) is 1.52. The highest BCUT2D eigenvalue weighted by molar-refractivity contribution is 5.80. The molecule has 0 heterocycles. The fraction of sp³-hybridized carbons (Fsp3) is 0.600. The highest BCUT2D eigenvalue weighted by Crippen LogP contribution is 2.26. The van der Waals surface area contributed by atoms with Crippen molar-refractivity contribution in [2.24, 2.45) is 10.9 Å². The van der Waals surface area contributed by atoms with E-state index in [1.807, 2.05) is 19.9 Å². The second-order valence-electron chi connectivity index (χ2n) is 6.91. The Hall–Kier alpha value is -2.11. The minimum absolute atomic E-state index is 0.0544. The number of nitrogens with one attached hydrogen (secondary N) is 3. The lowest BCUT2D eigenvalue weighted by Gasteiger charge is -2.23. The third-order valence-electron chi connectivity index (χ3n) is 4.77. The van der Waals surface area contributed by atoms with Crippen LogP contribution in [0, 0.1) is 18.7 Å². The van der Waals surface area contributed by atoms with E-state index in [0.29, 0.717) is 24.6 Å². The Bertz CT molecular complexity index is 628. The summed E-state index contributed by atoms with van der Waals surface area (Å²) < 4.78 is 13.8. The molecule has 144 valence electrons. The van der Waals surface area contributed by atoms with Gasteiger partial charge in [0.15, 0.2) is 5.96 Å². The summed E-state index contributed by atoms with van der Waals surface area (Å²) in [6.07, 6.45) is 4.01. The summed E-state index contributed by atoms with van der Waals surface area (Å²) in [7, 11) is 0. The number of hydrogen-bond acceptors (Lipinski definition) is 2. The maximum Gasteiger partial charge on any atom is 0.223 e. The van der Waals surface area contributed by atoms with E-state index < -0.39 is 0 Å². The number of benzene rings is 1. The van der Waals surface area contributed by atoms with Crippen molar-refractivity contribution in [2.75, 3.05) is 19.6 Å². The molecule has 1 fully saturated rings. The highest BCUT2D eigenvalue weighted by atomic mass is 19.1. The van der Waals surface area contributed by atoms with Gasteiger partial charge in [0.2, 0.25) is 5.91 Å². The Balaban J connectivity index is 1.79. The first kappa shape index (κ1) is 20.2. The van der Waals surface area contributed by atoms with Crippen LogP contribution in [0.3, 0.4) is 0 Å². The summed E-state index contributed by atoms with van der Waals surface area (Å²) in [5, 5.41) is 9.48. The van der Waals surface area contributed by atoms with E-state index in [2.05, 4.69) is 20.9 Å². The van der Waals surface area contributed by atoms with Gasteiger partial charge in [-0.05, 0) is 57.2 Å². The van der Waals surface area contributed by atoms with E-state index in [4.69, 9.17) is 0 Å². The zero-order chi connectivity index (χ0) is 18.9. The molecule has 0 bridgehead atoms. The second kappa shape index (κ2) is 10.1. The van der Waals surface area contributed by atoms with Gasteiger partial charge < -0.3 is 16.0 Å². The Morgan fingerprint density at radius 2 is 2.12 bits per heavy atom. The van der Waals surface area contributed by atoms with E-state index in [0.717, 1.165) is 31.4 Å². The van der Waals surface area contributed by atoms with Gasteiger partial charge in [0.25, 0.3) is 0 Å². The molecule has 1 amide bonds. The van der Waals surface area contributed by atoms with E-state index in [9.17, 15) is 9.18 Å². The average molecular weight is 362 g/mol. The van der Waals surface area contributed by atoms with Crippen molar-refractivity contribution >= 4 is 11.9 Å². The molecule has 1 aliphatic rings. The predicted molar refractivity (Wildman–Crippen MR) is 104 cm³/mol. The fourth-order valence-corrected chi connectivity index (χ4v) is 2.78. The van der Waals surface area contributed by atoms with Gasteiger partial charge in [0.1, 0.15) is 5.82 Å². The van der Waals surface area contributed by atoms with Gasteiger partial charge >= 0.3 is 0 Å². The van der Waals surface area contributed by atoms with Crippen molar-refractivity contribution in [2.45, 2.75) is 52.5 Å². The highest BCUT2D eigenvalue weighted by Gasteiger charge is 2.24. The van der Waals surface area contributed by atoms with Crippen LogP contribution in [-0.2, 0) is 4.79 Å². The number of halogens is 1. The number of aryl methyl sites for hydroxylation is 1. The first-order valence-corrected chi connectivity index (χ1v) is 9.60. The molecule has 0 saturated heterocycles. The molecule has 1 aliphatic carbocycles. The van der Waals surface area contributed by atoms with Crippen LogP contribution in [0.2, 0.25) is 0 Å². The summed E-state index contributed by atoms with van der Waals surface area (Å²) in [6.45, 7) is 7.76. The number of carbonyl (C=O) groups is 1. The minimum atomic E-state index is -0.194. The SMILES string of the molecule is CCNC(=NCCCNC(=O)C1CCC1)NC(C)c1ccc(C)c(F)c1. The number of rotatable bonds is 8. The van der Waals surface area contributed by atoms with Gasteiger partial charge in [0.05, 0.1) is 6.04 Å². The molecule has 5 nitrogen and oxygen atoms in total. The van der Waals surface area contributed by atoms with Crippen LogP contribution < -0.4 is 16.0 Å². The quantitative estimate of drug-likeness (QED) is 0.378. The Kier molecular flexibility index (Phi) is 7.88. The van der Waals surface area contributed by atoms with E-state index in [1.165, 1.54) is 6.42 Å². The third kappa shape index (κ3) is 6.00. The first-order valence-electron chi connectivity index (χ1n) is 9.60. The molecule has 1 aromatic carbocycles. The maximum atomic E-state index is 13.8. The van der Waals surface area contributed by atoms with Gasteiger partial charge in [-0.25, -0.2) is 4.39 Å². The summed E-state index contributed by atoms with van der Waals surface area (Å²) in [5.74, 6) is 0.917. The van der Waals surface area contributed by atoms with Crippen molar-refractivity contribution in [1.82, 2.24) is 16.0 Å². The van der Waals surface area contributed by atoms with Gasteiger partial charge in [-0.3, -0.25) is 9.79 Å². The molecule has 0 aliphatic heterocycles. The summed E-state index contributed by atoms with van der Waals surface area (Å²) in [4.78, 5) is 16.3. The molecule has 3 N–H and O–H groups in total. The van der Waals surface area contributed by atoms with Crippen LogP contribution in [0.1, 0.15) is 56.7 Å². The van der Waals surface area contributed by atoms with E-state index >= 15 is 0 Å². The average Bonchev–Trinajstić information content (AvgIpc) is 2.55. The van der Waals surface area contributed by atoms with Crippen LogP contribution in [0.15, 0.2) is 23.2 Å². The van der Waals surface area contributed by atoms with Crippen LogP contribution in [0.4, 0.5) is 4.39 Å². The van der Waals surface area contributed by atoms with E-state index in [1.54, 1.807) is 19.1 Å². The van der Waals surface area contributed by atoms with Crippen LogP contribution in [0.25, 0.3) is 0 Å². The number of carbonyl (C=O) groups excluding carboxylic acids is 1. The molecule has 0 radical (unpaired) electrons. The third-order valence-corrected chi connectivity index (χ3v) is 4.77. The van der Waals surface area contributed by atoms with Crippen molar-refractivity contribution in [3.63, 3.8) is 0 Å². The summed E-state index contributed by atoms with van der Waals surface area (Å²) in [6, 6.07) is 5.22. The number of aliphatic imine (C=N–C) groups is 1. The molecule has 1 unspecified atom stereocenters. The normalized spacial score (nSPS) is 15.9. The molecule has 0 spiro atoms. The topological polar surface area (TPSA) is 65.5 Å². The van der Waals surface area contributed by atoms with Gasteiger partial charge in [-0.2, -0.15) is 0 Å². The van der Waals surface area contributed by atoms with Gasteiger partial charge in [-0.15, -0.1) is 0 Å². The number of guanidine groups is 1. The zero-order valence-electron chi connectivity index (χ0n) is 16.1. The lowest BCUT2D eigenvalue weighted by Crippen LogP contribution is -2.39. The van der Waals surface area contributed by atoms with Crippen molar-refractivity contribution in [1.29, 1.82) is 0 Å². The number of amides is 1. The Morgan fingerprint density at radius 3 is 2.73 bits per heavy atom. The second-order valence-corrected chi connectivity index (χ2v) is 6.91. The van der Waals surface area contributed by atoms with Crippen LogP contribution in [-0.4, -0.2) is 31.5 Å². The smallest absolute Gasteiger partial charge is 0.223 e. The van der Waals surface area contributed by atoms with Gasteiger partial charge in [-0.1, -0.05) is 18.6 Å². The standard InChI is InChI=1S/C20H31FN4O/c1-4-22-20(24-12-6-11-23-19(26)16-7-5-8-16)25-15(3)17-10-9-14(2)18(21)13-17/h9-10,13,15-16H,4-8,11-12H2,1-3H3,(H,23,26)(H2,22,24,25). The van der Waals surface area contributed by atoms with Crippen molar-refractivity contribution < 1.29 is 9.18 Å². The molecule has 26 heavy (non-hydrogen) atoms. The van der Waals surface area contributed by atoms with Crippen molar-refractivity contribution in [3.05, 3.63) is 35.1 Å². The Morgan fingerprint density at radius 1 is 1.35 bits per heavy atom. The van der Waals surface area contributed by atoms with Crippen LogP contribution >= 0.6 is 0 Å². The molecule has 6 heteroatoms. The van der Waals surface area contributed by atoms with Crippen LogP contribution in [0.5, 0.6) is 0 Å². The number of nitrogens with zero attached hydrogens (tertiary/aromatic N) is 1. The van der Waals surface area contributed by atoms with Crippen molar-refractivity contribution in [3.8, 4) is 0 Å². The minimum Gasteiger partial charge on any atom is -0.357 e. The first-order chi connectivity index (χ1) is 12.5. The molecular formula is C20H31FN4O. The maximum absolute atomic E-state index is 13.8. The molecule has 0 aromatic heterocycles. The fourth-order valence-electron chi connectivity index (χ4n) is 2.78. The molecule has 1 atom stereocenters. The predicted octanol–water partition coefficient (Wildman–Crippen LogP) is 3.06. The Labute approximate surface area is 155 Å².